The van der Waals surface area contributed by atoms with E-state index in [0.717, 1.165) is 4.31 Å². The van der Waals surface area contributed by atoms with Crippen LogP contribution in [-0.2, 0) is 24.3 Å². The Morgan fingerprint density at radius 1 is 1.23 bits per heavy atom. The highest BCUT2D eigenvalue weighted by Gasteiger charge is 2.25. The van der Waals surface area contributed by atoms with Crippen molar-refractivity contribution in [1.82, 2.24) is 9.21 Å². The molecule has 0 radical (unpaired) electrons. The lowest BCUT2D eigenvalue weighted by Crippen LogP contribution is -2.38. The van der Waals surface area contributed by atoms with Crippen LogP contribution in [0.5, 0.6) is 0 Å². The fourth-order valence-corrected chi connectivity index (χ4v) is 3.42. The molecule has 1 rings (SSSR count). The molecular formula is C16H23ClN2O6S. The molecule has 0 atom stereocenters. The van der Waals surface area contributed by atoms with E-state index in [0.29, 0.717) is 0 Å². The van der Waals surface area contributed by atoms with Gasteiger partial charge in [0.1, 0.15) is 11.4 Å². The third-order valence-corrected chi connectivity index (χ3v) is 5.71. The van der Waals surface area contributed by atoms with Gasteiger partial charge in [0, 0.05) is 33.3 Å². The third-order valence-electron chi connectivity index (χ3n) is 3.41. The summed E-state index contributed by atoms with van der Waals surface area (Å²) < 4.78 is 35.5. The van der Waals surface area contributed by atoms with Gasteiger partial charge in [0.15, 0.2) is 0 Å². The number of rotatable bonds is 9. The largest absolute Gasteiger partial charge is 0.465 e. The molecule has 1 aromatic rings. The fraction of sp³-hybridized carbons (Fsp3) is 0.500. The molecular weight excluding hydrogens is 384 g/mol. The second-order valence-electron chi connectivity index (χ2n) is 5.46. The molecule has 1 amide bonds. The Bertz CT molecular complexity index is 751. The summed E-state index contributed by atoms with van der Waals surface area (Å²) >= 11 is 5.99. The van der Waals surface area contributed by atoms with Gasteiger partial charge in [-0.05, 0) is 25.1 Å². The summed E-state index contributed by atoms with van der Waals surface area (Å²) in [4.78, 5) is 25.6. The minimum absolute atomic E-state index is 0.00378. The first-order valence-electron chi connectivity index (χ1n) is 7.81. The highest BCUT2D eigenvalue weighted by Crippen LogP contribution is 2.25. The van der Waals surface area contributed by atoms with Crippen molar-refractivity contribution in [3.05, 3.63) is 28.8 Å². The van der Waals surface area contributed by atoms with Crippen molar-refractivity contribution < 1.29 is 27.5 Å². The van der Waals surface area contributed by atoms with Crippen LogP contribution in [0.2, 0.25) is 5.02 Å². The number of sulfonamides is 1. The Balaban J connectivity index is 3.20. The van der Waals surface area contributed by atoms with Gasteiger partial charge < -0.3 is 14.4 Å². The molecule has 0 aliphatic rings. The minimum atomic E-state index is -3.82. The predicted octanol–water partition coefficient (Wildman–Crippen LogP) is 1.24. The third kappa shape index (κ3) is 5.66. The smallest absolute Gasteiger partial charge is 0.325 e. The van der Waals surface area contributed by atoms with Crippen molar-refractivity contribution in [2.45, 2.75) is 11.8 Å². The number of benzene rings is 1. The molecule has 0 spiro atoms. The average molecular weight is 407 g/mol. The molecule has 26 heavy (non-hydrogen) atoms. The lowest BCUT2D eigenvalue weighted by molar-refractivity contribution is -0.143. The van der Waals surface area contributed by atoms with E-state index in [4.69, 9.17) is 21.1 Å². The monoisotopic (exact) mass is 406 g/mol. The summed E-state index contributed by atoms with van der Waals surface area (Å²) in [5.74, 6) is -1.09. The molecule has 8 nitrogen and oxygen atoms in total. The number of nitrogens with zero attached hydrogens (tertiary/aromatic N) is 2. The second-order valence-corrected chi connectivity index (χ2v) is 7.98. The summed E-state index contributed by atoms with van der Waals surface area (Å²) in [5, 5.41) is 0.00378. The second kappa shape index (κ2) is 9.86. The SMILES string of the molecule is CCOC(=O)CN(CCOC)C(=O)c1ccc(Cl)c(S(=O)(=O)N(C)C)c1. The van der Waals surface area contributed by atoms with Gasteiger partial charge >= 0.3 is 5.97 Å². The molecule has 0 heterocycles. The van der Waals surface area contributed by atoms with Gasteiger partial charge in [0.25, 0.3) is 5.91 Å². The predicted molar refractivity (Wildman–Crippen MR) is 96.7 cm³/mol. The van der Waals surface area contributed by atoms with Crippen LogP contribution in [0.4, 0.5) is 0 Å². The zero-order valence-electron chi connectivity index (χ0n) is 15.2. The maximum absolute atomic E-state index is 12.8. The molecule has 0 bridgehead atoms. The molecule has 0 N–H and O–H groups in total. The molecule has 0 aliphatic heterocycles. The summed E-state index contributed by atoms with van der Waals surface area (Å²) in [6.45, 7) is 1.94. The van der Waals surface area contributed by atoms with Crippen molar-refractivity contribution in [2.75, 3.05) is 47.5 Å². The van der Waals surface area contributed by atoms with Gasteiger partial charge in [-0.3, -0.25) is 9.59 Å². The maximum atomic E-state index is 12.8. The standard InChI is InChI=1S/C16H23ClN2O6S/c1-5-25-15(20)11-19(8-9-24-4)16(21)12-6-7-13(17)14(10-12)26(22,23)18(2)3/h6-7,10H,5,8-9,11H2,1-4H3. The Morgan fingerprint density at radius 2 is 1.88 bits per heavy atom. The summed E-state index contributed by atoms with van der Waals surface area (Å²) in [7, 11) is 0.379. The molecule has 0 fully saturated rings. The summed E-state index contributed by atoms with van der Waals surface area (Å²) in [6, 6.07) is 3.94. The number of carbonyl (C=O) groups is 2. The number of hydrogen-bond acceptors (Lipinski definition) is 6. The molecule has 10 heteroatoms. The van der Waals surface area contributed by atoms with Crippen LogP contribution in [0, 0.1) is 0 Å². The van der Waals surface area contributed by atoms with Crippen LogP contribution >= 0.6 is 11.6 Å². The Kier molecular flexibility index (Phi) is 8.48. The fourth-order valence-electron chi connectivity index (χ4n) is 2.03. The number of esters is 1. The lowest BCUT2D eigenvalue weighted by Gasteiger charge is -2.22. The average Bonchev–Trinajstić information content (AvgIpc) is 2.58. The van der Waals surface area contributed by atoms with Gasteiger partial charge in [-0.25, -0.2) is 12.7 Å². The number of carbonyl (C=O) groups excluding carboxylic acids is 2. The first-order valence-corrected chi connectivity index (χ1v) is 9.62. The van der Waals surface area contributed by atoms with Crippen molar-refractivity contribution in [3.8, 4) is 0 Å². The highest BCUT2D eigenvalue weighted by molar-refractivity contribution is 7.89. The molecule has 1 aromatic carbocycles. The zero-order valence-corrected chi connectivity index (χ0v) is 16.8. The van der Waals surface area contributed by atoms with Crippen LogP contribution in [0.3, 0.4) is 0 Å². The maximum Gasteiger partial charge on any atom is 0.325 e. The number of methoxy groups -OCH3 is 1. The van der Waals surface area contributed by atoms with Gasteiger partial charge in [-0.15, -0.1) is 0 Å². The highest BCUT2D eigenvalue weighted by atomic mass is 35.5. The van der Waals surface area contributed by atoms with Gasteiger partial charge in [0.05, 0.1) is 18.2 Å². The van der Waals surface area contributed by atoms with Gasteiger partial charge in [-0.1, -0.05) is 11.6 Å². The first-order chi connectivity index (χ1) is 12.1. The first kappa shape index (κ1) is 22.4. The van der Waals surface area contributed by atoms with E-state index in [9.17, 15) is 18.0 Å². The Labute approximate surface area is 158 Å². The van der Waals surface area contributed by atoms with E-state index in [1.807, 2.05) is 0 Å². The Hall–Kier alpha value is -1.68. The van der Waals surface area contributed by atoms with Crippen LogP contribution in [-0.4, -0.2) is 77.0 Å². The molecule has 0 aliphatic carbocycles. The summed E-state index contributed by atoms with van der Waals surface area (Å²) in [6.07, 6.45) is 0. The van der Waals surface area contributed by atoms with Crippen LogP contribution in [0.15, 0.2) is 23.1 Å². The lowest BCUT2D eigenvalue weighted by atomic mass is 10.2. The van der Waals surface area contributed by atoms with Crippen LogP contribution < -0.4 is 0 Å². The number of amides is 1. The number of ether oxygens (including phenoxy) is 2. The van der Waals surface area contributed by atoms with Crippen molar-refractivity contribution in [1.29, 1.82) is 0 Å². The normalized spacial score (nSPS) is 11.5. The zero-order chi connectivity index (χ0) is 19.9. The topological polar surface area (TPSA) is 93.2 Å². The number of hydrogen-bond donors (Lipinski definition) is 0. The summed E-state index contributed by atoms with van der Waals surface area (Å²) in [5.41, 5.74) is 0.0928. The van der Waals surface area contributed by atoms with E-state index < -0.39 is 21.9 Å². The van der Waals surface area contributed by atoms with E-state index in [-0.39, 0.29) is 41.8 Å². The number of halogens is 1. The van der Waals surface area contributed by atoms with E-state index >= 15 is 0 Å². The minimum Gasteiger partial charge on any atom is -0.465 e. The van der Waals surface area contributed by atoms with E-state index in [1.165, 1.54) is 44.3 Å². The molecule has 0 saturated carbocycles. The molecule has 0 aromatic heterocycles. The molecule has 0 unspecified atom stereocenters. The van der Waals surface area contributed by atoms with Gasteiger partial charge in [0.2, 0.25) is 10.0 Å². The van der Waals surface area contributed by atoms with Crippen molar-refractivity contribution in [3.63, 3.8) is 0 Å². The molecule has 0 saturated heterocycles. The van der Waals surface area contributed by atoms with Crippen LogP contribution in [0.25, 0.3) is 0 Å². The van der Waals surface area contributed by atoms with Crippen molar-refractivity contribution >= 4 is 33.5 Å². The molecule has 146 valence electrons. The van der Waals surface area contributed by atoms with E-state index in [2.05, 4.69) is 0 Å². The van der Waals surface area contributed by atoms with Crippen LogP contribution in [0.1, 0.15) is 17.3 Å². The quantitative estimate of drug-likeness (QED) is 0.573. The van der Waals surface area contributed by atoms with Crippen molar-refractivity contribution in [2.24, 2.45) is 0 Å². The Morgan fingerprint density at radius 3 is 2.42 bits per heavy atom. The van der Waals surface area contributed by atoms with Gasteiger partial charge in [-0.2, -0.15) is 0 Å². The van der Waals surface area contributed by atoms with E-state index in [1.54, 1.807) is 6.92 Å².